The van der Waals surface area contributed by atoms with E-state index in [9.17, 15) is 13.2 Å². The maximum absolute atomic E-state index is 13.0. The summed E-state index contributed by atoms with van der Waals surface area (Å²) in [5, 5.41) is 1.04. The molecule has 0 fully saturated rings. The molecule has 7 heteroatoms. The molecule has 0 atom stereocenters. The highest BCUT2D eigenvalue weighted by Gasteiger charge is 2.30. The SMILES string of the molecule is CC(C)c1cccc(C(C)C)c1N=[Si](Cl)/C=C(/c1ccc(C(F)(F)F)cc1)[Si](C)(C)C. The highest BCUT2D eigenvalue weighted by Crippen LogP contribution is 2.36. The lowest BCUT2D eigenvalue weighted by molar-refractivity contribution is -0.137. The van der Waals surface area contributed by atoms with Gasteiger partial charge in [-0.1, -0.05) is 82.9 Å². The fraction of sp³-hybridized carbons (Fsp3) is 0.417. The van der Waals surface area contributed by atoms with Gasteiger partial charge >= 0.3 is 6.18 Å². The van der Waals surface area contributed by atoms with Crippen LogP contribution in [0, 0.1) is 0 Å². The summed E-state index contributed by atoms with van der Waals surface area (Å²) in [4.78, 5) is 0. The van der Waals surface area contributed by atoms with Crippen molar-refractivity contribution in [2.24, 2.45) is 4.63 Å². The maximum atomic E-state index is 13.0. The Morgan fingerprint density at radius 1 is 0.935 bits per heavy atom. The Balaban J connectivity index is 2.60. The molecular weight excluding hydrogens is 451 g/mol. The third-order valence-electron chi connectivity index (χ3n) is 5.16. The molecule has 2 rings (SSSR count). The van der Waals surface area contributed by atoms with Gasteiger partial charge in [0.15, 0.2) is 0 Å². The van der Waals surface area contributed by atoms with Crippen molar-refractivity contribution in [2.75, 3.05) is 0 Å². The summed E-state index contributed by atoms with van der Waals surface area (Å²) in [6.07, 6.45) is -4.34. The Morgan fingerprint density at radius 3 is 1.81 bits per heavy atom. The molecule has 31 heavy (non-hydrogen) atoms. The van der Waals surface area contributed by atoms with Crippen molar-refractivity contribution >= 4 is 37.9 Å². The minimum absolute atomic E-state index is 0.319. The van der Waals surface area contributed by atoms with Gasteiger partial charge in [0.05, 0.1) is 19.3 Å². The number of benzene rings is 2. The summed E-state index contributed by atoms with van der Waals surface area (Å²) < 4.78 is 43.9. The lowest BCUT2D eigenvalue weighted by atomic mass is 9.93. The Hall–Kier alpha value is -1.51. The molecule has 168 valence electrons. The molecule has 2 aromatic rings. The van der Waals surface area contributed by atoms with Gasteiger partial charge in [-0.25, -0.2) is 0 Å². The molecule has 0 heterocycles. The summed E-state index contributed by atoms with van der Waals surface area (Å²) in [7, 11) is -3.65. The lowest BCUT2D eigenvalue weighted by Gasteiger charge is -2.22. The van der Waals surface area contributed by atoms with Crippen LogP contribution in [0.1, 0.15) is 61.8 Å². The van der Waals surface area contributed by atoms with E-state index in [2.05, 4.69) is 65.5 Å². The minimum atomic E-state index is -4.34. The van der Waals surface area contributed by atoms with Crippen LogP contribution >= 0.6 is 11.1 Å². The number of alkyl halides is 3. The van der Waals surface area contributed by atoms with Crippen molar-refractivity contribution in [1.82, 2.24) is 0 Å². The predicted octanol–water partition coefficient (Wildman–Crippen LogP) is 9.08. The van der Waals surface area contributed by atoms with Crippen LogP contribution in [0.4, 0.5) is 18.9 Å². The lowest BCUT2D eigenvalue weighted by Crippen LogP contribution is -2.23. The molecule has 0 spiro atoms. The zero-order valence-electron chi connectivity index (χ0n) is 19.2. The number of rotatable bonds is 6. The first-order valence-electron chi connectivity index (χ1n) is 10.5. The molecule has 0 saturated heterocycles. The molecule has 0 N–H and O–H groups in total. The number of hydrogen-bond donors (Lipinski definition) is 0. The van der Waals surface area contributed by atoms with E-state index >= 15 is 0 Å². The molecule has 2 aromatic carbocycles. The third-order valence-corrected chi connectivity index (χ3v) is 9.04. The quantitative estimate of drug-likeness (QED) is 0.288. The second-order valence-electron chi connectivity index (χ2n) is 9.41. The Bertz CT molecular complexity index is 944. The van der Waals surface area contributed by atoms with Crippen LogP contribution in [0.2, 0.25) is 19.6 Å². The molecule has 0 unspecified atom stereocenters. The van der Waals surface area contributed by atoms with E-state index < -0.39 is 27.7 Å². The minimum Gasteiger partial charge on any atom is -0.278 e. The molecule has 0 aromatic heterocycles. The van der Waals surface area contributed by atoms with E-state index in [-0.39, 0.29) is 0 Å². The molecule has 0 radical (unpaired) electrons. The standard InChI is InChI=1S/C24H31ClF3NSi2/c1-16(2)20-9-8-10-21(17(3)4)23(20)29-30(25)15-22(31(5,6)7)18-11-13-19(14-12-18)24(26,27)28/h8-17H,1-7H3/b22-15-,30-29?. The largest absolute Gasteiger partial charge is 0.416 e. The number of hydrogen-bond acceptors (Lipinski definition) is 1. The normalized spacial score (nSPS) is 14.0. The molecule has 0 aliphatic rings. The van der Waals surface area contributed by atoms with E-state index in [0.717, 1.165) is 28.6 Å². The first-order chi connectivity index (χ1) is 14.2. The van der Waals surface area contributed by atoms with Gasteiger partial charge in [-0.15, -0.1) is 11.1 Å². The van der Waals surface area contributed by atoms with Crippen LogP contribution in [0.15, 0.2) is 52.8 Å². The average Bonchev–Trinajstić information content (AvgIpc) is 2.64. The van der Waals surface area contributed by atoms with Crippen LogP contribution in [0.5, 0.6) is 0 Å². The summed E-state index contributed by atoms with van der Waals surface area (Å²) in [6, 6.07) is 11.7. The molecule has 0 bridgehead atoms. The predicted molar refractivity (Wildman–Crippen MR) is 131 cm³/mol. The summed E-state index contributed by atoms with van der Waals surface area (Å²) in [5.41, 5.74) is 5.49. The average molecular weight is 482 g/mol. The molecule has 1 nitrogen and oxygen atoms in total. The zero-order chi connectivity index (χ0) is 23.6. The van der Waals surface area contributed by atoms with Gasteiger partial charge in [-0.2, -0.15) is 13.2 Å². The first kappa shape index (κ1) is 25.8. The topological polar surface area (TPSA) is 12.4 Å². The van der Waals surface area contributed by atoms with Crippen molar-refractivity contribution in [3.8, 4) is 0 Å². The van der Waals surface area contributed by atoms with Crippen LogP contribution in [-0.4, -0.2) is 16.0 Å². The van der Waals surface area contributed by atoms with Crippen LogP contribution in [0.3, 0.4) is 0 Å². The Labute approximate surface area is 191 Å². The van der Waals surface area contributed by atoms with E-state index in [0.29, 0.717) is 11.8 Å². The highest BCUT2D eigenvalue weighted by molar-refractivity contribution is 7.06. The van der Waals surface area contributed by atoms with Gasteiger partial charge in [0.2, 0.25) is 0 Å². The molecule has 0 aliphatic carbocycles. The van der Waals surface area contributed by atoms with Crippen molar-refractivity contribution in [3.05, 3.63) is 70.4 Å². The van der Waals surface area contributed by atoms with E-state index in [1.165, 1.54) is 11.1 Å². The Kier molecular flexibility index (Phi) is 8.28. The van der Waals surface area contributed by atoms with Crippen molar-refractivity contribution in [1.29, 1.82) is 0 Å². The molecule has 0 amide bonds. The molecular formula is C24H31ClF3NSi2. The van der Waals surface area contributed by atoms with Gasteiger partial charge in [-0.05, 0) is 46.4 Å². The fourth-order valence-corrected chi connectivity index (χ4v) is 8.44. The van der Waals surface area contributed by atoms with Gasteiger partial charge in [-0.3, -0.25) is 4.63 Å². The van der Waals surface area contributed by atoms with E-state index in [1.807, 2.05) is 5.70 Å². The molecule has 0 saturated carbocycles. The smallest absolute Gasteiger partial charge is 0.278 e. The summed E-state index contributed by atoms with van der Waals surface area (Å²) in [6.45, 7) is 15.1. The van der Waals surface area contributed by atoms with E-state index in [1.54, 1.807) is 12.1 Å². The van der Waals surface area contributed by atoms with Gasteiger partial charge in [0, 0.05) is 0 Å². The first-order valence-corrected chi connectivity index (χ1v) is 16.5. The highest BCUT2D eigenvalue weighted by atomic mass is 35.6. The Morgan fingerprint density at radius 2 is 1.42 bits per heavy atom. The van der Waals surface area contributed by atoms with Crippen LogP contribution in [0.25, 0.3) is 5.20 Å². The van der Waals surface area contributed by atoms with Gasteiger partial charge in [0.25, 0.3) is 7.90 Å². The third kappa shape index (κ3) is 6.74. The van der Waals surface area contributed by atoms with E-state index in [4.69, 9.17) is 15.7 Å². The monoisotopic (exact) mass is 481 g/mol. The van der Waals surface area contributed by atoms with Crippen molar-refractivity contribution in [2.45, 2.75) is 65.3 Å². The van der Waals surface area contributed by atoms with Gasteiger partial charge < -0.3 is 0 Å². The zero-order valence-corrected chi connectivity index (χ0v) is 22.0. The second kappa shape index (κ2) is 9.96. The summed E-state index contributed by atoms with van der Waals surface area (Å²) in [5.74, 6) is 0.638. The van der Waals surface area contributed by atoms with Gasteiger partial charge in [0.1, 0.15) is 0 Å². The van der Waals surface area contributed by atoms with Crippen LogP contribution in [-0.2, 0) is 6.18 Å². The summed E-state index contributed by atoms with van der Waals surface area (Å²) >= 11 is 6.82. The number of nitrogens with zero attached hydrogens (tertiary/aromatic N) is 1. The number of halogens is 4. The second-order valence-corrected chi connectivity index (χ2v) is 16.8. The fourth-order valence-electron chi connectivity index (χ4n) is 3.47. The maximum Gasteiger partial charge on any atom is 0.416 e. The van der Waals surface area contributed by atoms with Crippen molar-refractivity contribution in [3.63, 3.8) is 0 Å². The molecule has 0 aliphatic heterocycles. The van der Waals surface area contributed by atoms with Crippen LogP contribution < -0.4 is 0 Å². The van der Waals surface area contributed by atoms with Crippen molar-refractivity contribution < 1.29 is 13.2 Å².